The third-order valence-electron chi connectivity index (χ3n) is 3.16. The van der Waals surface area contributed by atoms with Gasteiger partial charge in [0, 0.05) is 18.9 Å². The number of hydrogen-bond donors (Lipinski definition) is 1. The lowest BCUT2D eigenvalue weighted by Crippen LogP contribution is -2.43. The fraction of sp³-hybridized carbons (Fsp3) is 1.00. The van der Waals surface area contributed by atoms with E-state index in [0.29, 0.717) is 6.42 Å². The third kappa shape index (κ3) is 2.66. The predicted octanol–water partition coefficient (Wildman–Crippen LogP) is 3.06. The highest BCUT2D eigenvalue weighted by Gasteiger charge is 2.44. The van der Waals surface area contributed by atoms with Gasteiger partial charge in [-0.15, -0.1) is 0 Å². The summed E-state index contributed by atoms with van der Waals surface area (Å²) in [6.45, 7) is 6.31. The molecule has 2 unspecified atom stereocenters. The Morgan fingerprint density at radius 1 is 1.36 bits per heavy atom. The highest BCUT2D eigenvalue weighted by Crippen LogP contribution is 2.43. The molecule has 0 heterocycles. The van der Waals surface area contributed by atoms with Crippen molar-refractivity contribution in [3.05, 3.63) is 0 Å². The number of nitrogens with one attached hydrogen (secondary N) is 1. The van der Waals surface area contributed by atoms with Gasteiger partial charge in [-0.3, -0.25) is 0 Å². The number of rotatable bonds is 2. The largest absolute Gasteiger partial charge is 0.316 e. The maximum Gasteiger partial charge on any atom is 0.248 e. The second-order valence-electron chi connectivity index (χ2n) is 5.49. The van der Waals surface area contributed by atoms with Gasteiger partial charge in [0.25, 0.3) is 0 Å². The van der Waals surface area contributed by atoms with Crippen molar-refractivity contribution < 1.29 is 8.78 Å². The molecular formula is C11H21F2N. The van der Waals surface area contributed by atoms with Crippen LogP contribution in [0.5, 0.6) is 0 Å². The van der Waals surface area contributed by atoms with E-state index < -0.39 is 5.92 Å². The SMILES string of the molecule is CNC(C1CCC(F)(F)C1)C(C)(C)C. The number of hydrogen-bond acceptors (Lipinski definition) is 1. The lowest BCUT2D eigenvalue weighted by atomic mass is 9.78. The van der Waals surface area contributed by atoms with Crippen LogP contribution in [0.15, 0.2) is 0 Å². The molecule has 0 bridgehead atoms. The lowest BCUT2D eigenvalue weighted by molar-refractivity contribution is 0.000974. The molecule has 0 aromatic carbocycles. The van der Waals surface area contributed by atoms with E-state index in [1.54, 1.807) is 0 Å². The van der Waals surface area contributed by atoms with Crippen LogP contribution in [0.4, 0.5) is 8.78 Å². The van der Waals surface area contributed by atoms with Crippen molar-refractivity contribution in [1.29, 1.82) is 0 Å². The quantitative estimate of drug-likeness (QED) is 0.730. The van der Waals surface area contributed by atoms with E-state index in [4.69, 9.17) is 0 Å². The van der Waals surface area contributed by atoms with E-state index >= 15 is 0 Å². The molecule has 2 atom stereocenters. The molecule has 0 spiro atoms. The van der Waals surface area contributed by atoms with Gasteiger partial charge in [0.05, 0.1) is 0 Å². The lowest BCUT2D eigenvalue weighted by Gasteiger charge is -2.35. The summed E-state index contributed by atoms with van der Waals surface area (Å²) < 4.78 is 26.1. The third-order valence-corrected chi connectivity index (χ3v) is 3.16. The van der Waals surface area contributed by atoms with Gasteiger partial charge in [0.15, 0.2) is 0 Å². The summed E-state index contributed by atoms with van der Waals surface area (Å²) in [7, 11) is 1.87. The fourth-order valence-corrected chi connectivity index (χ4v) is 2.64. The van der Waals surface area contributed by atoms with Gasteiger partial charge in [0.1, 0.15) is 0 Å². The van der Waals surface area contributed by atoms with Gasteiger partial charge in [-0.1, -0.05) is 20.8 Å². The maximum absolute atomic E-state index is 13.1. The zero-order valence-corrected chi connectivity index (χ0v) is 9.53. The monoisotopic (exact) mass is 205 g/mol. The Morgan fingerprint density at radius 2 is 1.93 bits per heavy atom. The van der Waals surface area contributed by atoms with Gasteiger partial charge in [-0.05, 0) is 24.8 Å². The van der Waals surface area contributed by atoms with Crippen molar-refractivity contribution in [1.82, 2.24) is 5.32 Å². The van der Waals surface area contributed by atoms with Crippen molar-refractivity contribution in [2.75, 3.05) is 7.05 Å². The van der Waals surface area contributed by atoms with Crippen molar-refractivity contribution in [2.24, 2.45) is 11.3 Å². The average Bonchev–Trinajstić information content (AvgIpc) is 2.29. The second-order valence-corrected chi connectivity index (χ2v) is 5.49. The molecule has 0 amide bonds. The van der Waals surface area contributed by atoms with Crippen LogP contribution in [-0.2, 0) is 0 Å². The summed E-state index contributed by atoms with van der Waals surface area (Å²) in [5.41, 5.74) is 0.0554. The van der Waals surface area contributed by atoms with Crippen LogP contribution < -0.4 is 5.32 Å². The molecule has 14 heavy (non-hydrogen) atoms. The van der Waals surface area contributed by atoms with Crippen molar-refractivity contribution >= 4 is 0 Å². The van der Waals surface area contributed by atoms with Crippen LogP contribution in [0.25, 0.3) is 0 Å². The average molecular weight is 205 g/mol. The fourth-order valence-electron chi connectivity index (χ4n) is 2.64. The summed E-state index contributed by atoms with van der Waals surface area (Å²) in [5.74, 6) is -2.31. The molecule has 0 aromatic heterocycles. The molecule has 0 aliphatic heterocycles. The molecule has 1 aliphatic carbocycles. The van der Waals surface area contributed by atoms with Gasteiger partial charge in [-0.2, -0.15) is 0 Å². The van der Waals surface area contributed by atoms with E-state index in [2.05, 4.69) is 26.1 Å². The van der Waals surface area contributed by atoms with Gasteiger partial charge in [-0.25, -0.2) is 8.78 Å². The Morgan fingerprint density at radius 3 is 2.21 bits per heavy atom. The van der Waals surface area contributed by atoms with Crippen LogP contribution >= 0.6 is 0 Å². The standard InChI is InChI=1S/C11H21F2N/c1-10(2,3)9(14-4)8-5-6-11(12,13)7-8/h8-9,14H,5-7H2,1-4H3. The van der Waals surface area contributed by atoms with Crippen LogP contribution in [0.1, 0.15) is 40.0 Å². The Kier molecular flexibility index (Phi) is 3.20. The Balaban J connectivity index is 2.65. The Bertz CT molecular complexity index is 196. The topological polar surface area (TPSA) is 12.0 Å². The van der Waals surface area contributed by atoms with E-state index in [9.17, 15) is 8.78 Å². The van der Waals surface area contributed by atoms with Crippen molar-refractivity contribution in [3.63, 3.8) is 0 Å². The zero-order valence-electron chi connectivity index (χ0n) is 9.53. The highest BCUT2D eigenvalue weighted by atomic mass is 19.3. The Labute approximate surface area is 85.3 Å². The number of halogens is 2. The van der Waals surface area contributed by atoms with Gasteiger partial charge < -0.3 is 5.32 Å². The van der Waals surface area contributed by atoms with E-state index in [1.807, 2.05) is 7.05 Å². The van der Waals surface area contributed by atoms with Gasteiger partial charge in [0.2, 0.25) is 5.92 Å². The van der Waals surface area contributed by atoms with E-state index in [0.717, 1.165) is 0 Å². The van der Waals surface area contributed by atoms with Crippen LogP contribution in [0.2, 0.25) is 0 Å². The first kappa shape index (κ1) is 11.9. The molecule has 1 rings (SSSR count). The molecule has 1 fully saturated rings. The molecule has 0 aromatic rings. The molecular weight excluding hydrogens is 184 g/mol. The molecule has 3 heteroatoms. The first-order valence-corrected chi connectivity index (χ1v) is 5.31. The molecule has 0 radical (unpaired) electrons. The molecule has 84 valence electrons. The highest BCUT2D eigenvalue weighted by molar-refractivity contribution is 4.93. The van der Waals surface area contributed by atoms with Crippen LogP contribution in [0.3, 0.4) is 0 Å². The smallest absolute Gasteiger partial charge is 0.248 e. The minimum absolute atomic E-state index is 0.0514. The van der Waals surface area contributed by atoms with Crippen LogP contribution in [-0.4, -0.2) is 19.0 Å². The number of alkyl halides is 2. The zero-order chi connectivity index (χ0) is 11.0. The first-order chi connectivity index (χ1) is 6.26. The van der Waals surface area contributed by atoms with E-state index in [-0.39, 0.29) is 30.2 Å². The van der Waals surface area contributed by atoms with Crippen LogP contribution in [0, 0.1) is 11.3 Å². The normalized spacial score (nSPS) is 29.1. The summed E-state index contributed by atoms with van der Waals surface area (Å²) in [6, 6.07) is 0.191. The summed E-state index contributed by atoms with van der Waals surface area (Å²) in [4.78, 5) is 0. The molecule has 1 N–H and O–H groups in total. The molecule has 1 saturated carbocycles. The Hall–Kier alpha value is -0.180. The van der Waals surface area contributed by atoms with Crippen molar-refractivity contribution in [3.8, 4) is 0 Å². The van der Waals surface area contributed by atoms with E-state index in [1.165, 1.54) is 0 Å². The molecule has 1 nitrogen and oxygen atoms in total. The molecule has 0 saturated heterocycles. The minimum Gasteiger partial charge on any atom is -0.316 e. The van der Waals surface area contributed by atoms with Gasteiger partial charge >= 0.3 is 0 Å². The summed E-state index contributed by atoms with van der Waals surface area (Å²) in [6.07, 6.45) is 0.761. The summed E-state index contributed by atoms with van der Waals surface area (Å²) in [5, 5.41) is 3.19. The second kappa shape index (κ2) is 3.76. The summed E-state index contributed by atoms with van der Waals surface area (Å²) >= 11 is 0. The maximum atomic E-state index is 13.1. The predicted molar refractivity (Wildman–Crippen MR) is 54.6 cm³/mol. The first-order valence-electron chi connectivity index (χ1n) is 5.31. The minimum atomic E-state index is -2.43. The van der Waals surface area contributed by atoms with Crippen molar-refractivity contribution in [2.45, 2.75) is 52.0 Å². The molecule has 1 aliphatic rings.